The predicted octanol–water partition coefficient (Wildman–Crippen LogP) is 4.07. The number of carbonyl (C=O) groups is 1. The van der Waals surface area contributed by atoms with E-state index >= 15 is 0 Å². The maximum absolute atomic E-state index is 12.5. The van der Waals surface area contributed by atoms with Crippen molar-refractivity contribution in [3.05, 3.63) is 90.6 Å². The highest BCUT2D eigenvalue weighted by atomic mass is 16.1. The molecule has 0 bridgehead atoms. The van der Waals surface area contributed by atoms with Crippen LogP contribution in [0, 0.1) is 6.92 Å². The fourth-order valence-corrected chi connectivity index (χ4v) is 3.52. The molecule has 0 aliphatic heterocycles. The Bertz CT molecular complexity index is 1460. The minimum Gasteiger partial charge on any atom is -0.397 e. The molecule has 0 unspecified atom stereocenters. The van der Waals surface area contributed by atoms with Gasteiger partial charge in [0, 0.05) is 29.8 Å². The van der Waals surface area contributed by atoms with Crippen molar-refractivity contribution in [1.82, 2.24) is 24.3 Å². The van der Waals surface area contributed by atoms with E-state index < -0.39 is 0 Å². The van der Waals surface area contributed by atoms with Crippen LogP contribution in [-0.2, 0) is 0 Å². The molecule has 0 spiro atoms. The van der Waals surface area contributed by atoms with E-state index in [1.807, 2.05) is 35.7 Å². The number of nitrogens with two attached hydrogens (primary N) is 1. The number of hydrogen-bond donors (Lipinski definition) is 3. The second-order valence-corrected chi connectivity index (χ2v) is 7.36. The van der Waals surface area contributed by atoms with Crippen molar-refractivity contribution in [2.75, 3.05) is 16.4 Å². The normalized spacial score (nSPS) is 10.8. The van der Waals surface area contributed by atoms with E-state index in [9.17, 15) is 4.79 Å². The van der Waals surface area contributed by atoms with Crippen LogP contribution in [-0.4, -0.2) is 30.2 Å². The fraction of sp³-hybridized carbons (Fsp3) is 0.0417. The molecule has 0 saturated heterocycles. The van der Waals surface area contributed by atoms with Gasteiger partial charge in [-0.05, 0) is 49.4 Å². The van der Waals surface area contributed by atoms with Crippen LogP contribution in [0.1, 0.15) is 16.1 Å². The Balaban J connectivity index is 1.34. The Morgan fingerprint density at radius 3 is 2.64 bits per heavy atom. The average Bonchev–Trinajstić information content (AvgIpc) is 3.17. The molecule has 1 amide bonds. The first-order valence-electron chi connectivity index (χ1n) is 10.2. The first kappa shape index (κ1) is 20.1. The number of imidazole rings is 1. The summed E-state index contributed by atoms with van der Waals surface area (Å²) in [5.74, 6) is 0.195. The number of anilines is 4. The van der Waals surface area contributed by atoms with Crippen LogP contribution in [0.4, 0.5) is 23.0 Å². The molecule has 0 aliphatic rings. The maximum atomic E-state index is 12.5. The van der Waals surface area contributed by atoms with Crippen molar-refractivity contribution < 1.29 is 4.79 Å². The lowest BCUT2D eigenvalue weighted by Gasteiger charge is -2.09. The van der Waals surface area contributed by atoms with Gasteiger partial charge in [-0.25, -0.2) is 15.0 Å². The maximum Gasteiger partial charge on any atom is 0.255 e. The number of nitrogen functional groups attached to an aromatic ring is 1. The summed E-state index contributed by atoms with van der Waals surface area (Å²) in [5, 5.41) is 6.00. The Kier molecular flexibility index (Phi) is 5.12. The van der Waals surface area contributed by atoms with Gasteiger partial charge in [-0.15, -0.1) is 0 Å². The van der Waals surface area contributed by atoms with Crippen molar-refractivity contribution in [3.8, 4) is 11.4 Å². The van der Waals surface area contributed by atoms with E-state index in [0.717, 1.165) is 28.4 Å². The van der Waals surface area contributed by atoms with Crippen molar-refractivity contribution in [3.63, 3.8) is 0 Å². The summed E-state index contributed by atoms with van der Waals surface area (Å²) < 4.78 is 1.95. The van der Waals surface area contributed by atoms with E-state index in [1.54, 1.807) is 55.0 Å². The molecule has 3 aromatic heterocycles. The molecule has 0 saturated carbocycles. The summed E-state index contributed by atoms with van der Waals surface area (Å²) in [5.41, 5.74) is 11.5. The molecular formula is C24H20N8O. The topological polar surface area (TPSA) is 123 Å². The largest absolute Gasteiger partial charge is 0.397 e. The van der Waals surface area contributed by atoms with Gasteiger partial charge in [0.1, 0.15) is 0 Å². The standard InChI is InChI=1S/C24H20N8O/c1-15-22(32-13-12-26-14-21(32)28-15)20-10-11-27-24(31-20)29-17-8-6-16(7-9-17)23(33)30-19-5-3-2-4-18(19)25/h2-14H,25H2,1H3,(H,30,33)(H,27,29,31). The van der Waals surface area contributed by atoms with E-state index in [4.69, 9.17) is 5.73 Å². The van der Waals surface area contributed by atoms with Crippen molar-refractivity contribution in [2.24, 2.45) is 0 Å². The summed E-state index contributed by atoms with van der Waals surface area (Å²) in [7, 11) is 0. The summed E-state index contributed by atoms with van der Waals surface area (Å²) >= 11 is 0. The highest BCUT2D eigenvalue weighted by Gasteiger charge is 2.13. The number of carbonyl (C=O) groups excluding carboxylic acids is 1. The zero-order valence-corrected chi connectivity index (χ0v) is 17.7. The van der Waals surface area contributed by atoms with Gasteiger partial charge in [0.2, 0.25) is 5.95 Å². The van der Waals surface area contributed by atoms with Crippen LogP contribution in [0.25, 0.3) is 17.0 Å². The summed E-state index contributed by atoms with van der Waals surface area (Å²) in [4.78, 5) is 30.2. The van der Waals surface area contributed by atoms with E-state index in [-0.39, 0.29) is 5.91 Å². The van der Waals surface area contributed by atoms with Gasteiger partial charge in [0.25, 0.3) is 5.91 Å². The molecule has 9 heteroatoms. The zero-order valence-electron chi connectivity index (χ0n) is 17.7. The molecule has 33 heavy (non-hydrogen) atoms. The second kappa shape index (κ2) is 8.39. The molecule has 3 heterocycles. The number of nitrogens with one attached hydrogen (secondary N) is 2. The third-order valence-electron chi connectivity index (χ3n) is 5.11. The summed E-state index contributed by atoms with van der Waals surface area (Å²) in [6, 6.07) is 16.0. The minimum absolute atomic E-state index is 0.240. The molecule has 0 atom stereocenters. The third-order valence-corrected chi connectivity index (χ3v) is 5.11. The van der Waals surface area contributed by atoms with Gasteiger partial charge in [-0.1, -0.05) is 12.1 Å². The quantitative estimate of drug-likeness (QED) is 0.355. The number of nitrogens with zero attached hydrogens (tertiary/aromatic N) is 5. The summed E-state index contributed by atoms with van der Waals surface area (Å²) in [6.07, 6.45) is 6.96. The number of para-hydroxylation sites is 2. The SMILES string of the molecule is Cc1nc2cnccn2c1-c1ccnc(Nc2ccc(C(=O)Nc3ccccc3N)cc2)n1. The lowest BCUT2D eigenvalue weighted by molar-refractivity contribution is 0.102. The monoisotopic (exact) mass is 436 g/mol. The molecule has 5 rings (SSSR count). The van der Waals surface area contributed by atoms with Gasteiger partial charge in [0.15, 0.2) is 5.65 Å². The number of fused-ring (bicyclic) bond motifs is 1. The Morgan fingerprint density at radius 1 is 1.00 bits per heavy atom. The number of benzene rings is 2. The first-order chi connectivity index (χ1) is 16.1. The van der Waals surface area contributed by atoms with Crippen LogP contribution in [0.5, 0.6) is 0 Å². The van der Waals surface area contributed by atoms with Crippen molar-refractivity contribution in [2.45, 2.75) is 6.92 Å². The molecule has 4 N–H and O–H groups in total. The lowest BCUT2D eigenvalue weighted by atomic mass is 10.2. The molecule has 162 valence electrons. The van der Waals surface area contributed by atoms with Crippen LogP contribution in [0.2, 0.25) is 0 Å². The number of rotatable bonds is 5. The number of amides is 1. The van der Waals surface area contributed by atoms with Crippen molar-refractivity contribution >= 4 is 34.6 Å². The molecule has 9 nitrogen and oxygen atoms in total. The van der Waals surface area contributed by atoms with Gasteiger partial charge in [-0.3, -0.25) is 14.2 Å². The predicted molar refractivity (Wildman–Crippen MR) is 127 cm³/mol. The van der Waals surface area contributed by atoms with Crippen LogP contribution < -0.4 is 16.4 Å². The summed E-state index contributed by atoms with van der Waals surface area (Å²) in [6.45, 7) is 1.93. The molecule has 0 radical (unpaired) electrons. The van der Waals surface area contributed by atoms with Gasteiger partial charge < -0.3 is 16.4 Å². The fourth-order valence-electron chi connectivity index (χ4n) is 3.52. The first-order valence-corrected chi connectivity index (χ1v) is 10.2. The molecule has 5 aromatic rings. The average molecular weight is 436 g/mol. The second-order valence-electron chi connectivity index (χ2n) is 7.36. The van der Waals surface area contributed by atoms with Crippen LogP contribution in [0.3, 0.4) is 0 Å². The lowest BCUT2D eigenvalue weighted by Crippen LogP contribution is -2.13. The van der Waals surface area contributed by atoms with Gasteiger partial charge in [0.05, 0.1) is 34.7 Å². The molecule has 2 aromatic carbocycles. The Morgan fingerprint density at radius 2 is 1.82 bits per heavy atom. The van der Waals surface area contributed by atoms with E-state index in [1.165, 1.54) is 0 Å². The number of aryl methyl sites for hydroxylation is 1. The Labute approximate surface area is 189 Å². The molecule has 0 aliphatic carbocycles. The van der Waals surface area contributed by atoms with Crippen LogP contribution >= 0.6 is 0 Å². The van der Waals surface area contributed by atoms with Crippen LogP contribution in [0.15, 0.2) is 79.4 Å². The van der Waals surface area contributed by atoms with E-state index in [0.29, 0.717) is 22.9 Å². The smallest absolute Gasteiger partial charge is 0.255 e. The zero-order chi connectivity index (χ0) is 22.8. The van der Waals surface area contributed by atoms with Gasteiger partial charge >= 0.3 is 0 Å². The third kappa shape index (κ3) is 4.07. The van der Waals surface area contributed by atoms with Gasteiger partial charge in [-0.2, -0.15) is 0 Å². The Hall–Kier alpha value is -4.79. The number of aromatic nitrogens is 5. The minimum atomic E-state index is -0.240. The highest BCUT2D eigenvalue weighted by molar-refractivity contribution is 6.05. The molecule has 0 fully saturated rings. The molecular weight excluding hydrogens is 416 g/mol. The van der Waals surface area contributed by atoms with E-state index in [2.05, 4.69) is 30.6 Å². The number of hydrogen-bond acceptors (Lipinski definition) is 7. The van der Waals surface area contributed by atoms with Crippen molar-refractivity contribution in [1.29, 1.82) is 0 Å². The highest BCUT2D eigenvalue weighted by Crippen LogP contribution is 2.24.